The van der Waals surface area contributed by atoms with Crippen molar-refractivity contribution < 1.29 is 0 Å². The van der Waals surface area contributed by atoms with Crippen molar-refractivity contribution in [1.29, 1.82) is 5.26 Å². The van der Waals surface area contributed by atoms with E-state index in [9.17, 15) is 0 Å². The van der Waals surface area contributed by atoms with Crippen LogP contribution in [0.1, 0.15) is 31.3 Å². The summed E-state index contributed by atoms with van der Waals surface area (Å²) in [5.74, 6) is 1.85. The average Bonchev–Trinajstić information content (AvgIpc) is 2.96. The third-order valence-electron chi connectivity index (χ3n) is 3.48. The van der Waals surface area contributed by atoms with Gasteiger partial charge in [0.05, 0.1) is 11.6 Å². The van der Waals surface area contributed by atoms with E-state index in [0.717, 1.165) is 11.5 Å². The van der Waals surface area contributed by atoms with Gasteiger partial charge in [-0.2, -0.15) is 5.26 Å². The summed E-state index contributed by atoms with van der Waals surface area (Å²) >= 11 is 0. The van der Waals surface area contributed by atoms with Crippen LogP contribution < -0.4 is 5.32 Å². The van der Waals surface area contributed by atoms with Gasteiger partial charge in [0.25, 0.3) is 0 Å². The van der Waals surface area contributed by atoms with Gasteiger partial charge in [-0.05, 0) is 30.2 Å². The molecule has 0 fully saturated rings. The molecule has 0 aliphatic carbocycles. The van der Waals surface area contributed by atoms with Crippen molar-refractivity contribution in [2.75, 3.05) is 5.32 Å². The van der Waals surface area contributed by atoms with Gasteiger partial charge in [-0.1, -0.05) is 19.9 Å². The number of fused-ring (bicyclic) bond motifs is 1. The first kappa shape index (κ1) is 14.0. The van der Waals surface area contributed by atoms with E-state index in [1.165, 1.54) is 0 Å². The van der Waals surface area contributed by atoms with Crippen molar-refractivity contribution in [2.24, 2.45) is 5.92 Å². The number of hydrogen-bond acceptors (Lipinski definition) is 5. The molecule has 0 saturated heterocycles. The first-order valence-corrected chi connectivity index (χ1v) is 7.11. The highest BCUT2D eigenvalue weighted by molar-refractivity contribution is 5.42. The molecule has 3 heterocycles. The molecule has 3 aromatic rings. The summed E-state index contributed by atoms with van der Waals surface area (Å²) in [6.07, 6.45) is 3.51. The summed E-state index contributed by atoms with van der Waals surface area (Å²) in [4.78, 5) is 4.27. The zero-order valence-electron chi connectivity index (χ0n) is 12.4. The summed E-state index contributed by atoms with van der Waals surface area (Å²) in [7, 11) is 0. The number of nitrogens with one attached hydrogen (secondary N) is 1. The van der Waals surface area contributed by atoms with Gasteiger partial charge in [0.1, 0.15) is 11.9 Å². The van der Waals surface area contributed by atoms with Crippen LogP contribution in [0.25, 0.3) is 5.65 Å². The zero-order chi connectivity index (χ0) is 15.5. The Bertz CT molecular complexity index is 813. The van der Waals surface area contributed by atoms with Crippen LogP contribution in [0.5, 0.6) is 0 Å². The maximum Gasteiger partial charge on any atom is 0.160 e. The quantitative estimate of drug-likeness (QED) is 0.800. The zero-order valence-corrected chi connectivity index (χ0v) is 12.4. The molecule has 0 spiro atoms. The average molecular weight is 292 g/mol. The van der Waals surface area contributed by atoms with Crippen molar-refractivity contribution in [3.05, 3.63) is 54.1 Å². The summed E-state index contributed by atoms with van der Waals surface area (Å²) in [5.41, 5.74) is 1.36. The Kier molecular flexibility index (Phi) is 3.71. The Labute approximate surface area is 128 Å². The second-order valence-corrected chi connectivity index (χ2v) is 5.40. The molecular weight excluding hydrogens is 276 g/mol. The molecule has 6 heteroatoms. The summed E-state index contributed by atoms with van der Waals surface area (Å²) in [6.45, 7) is 4.23. The van der Waals surface area contributed by atoms with E-state index in [1.54, 1.807) is 18.3 Å². The summed E-state index contributed by atoms with van der Waals surface area (Å²) in [6, 6.07) is 11.4. The number of rotatable bonds is 4. The van der Waals surface area contributed by atoms with Crippen molar-refractivity contribution in [1.82, 2.24) is 19.6 Å². The van der Waals surface area contributed by atoms with Crippen LogP contribution in [0.3, 0.4) is 0 Å². The number of pyridine rings is 2. The SMILES string of the molecule is CC(C)C(Nc1ccc(C#N)cn1)c1nnc2ccccn12. The van der Waals surface area contributed by atoms with Crippen LogP contribution >= 0.6 is 0 Å². The lowest BCUT2D eigenvalue weighted by atomic mass is 10.0. The van der Waals surface area contributed by atoms with E-state index in [2.05, 4.69) is 40.4 Å². The molecule has 3 rings (SSSR count). The highest BCUT2D eigenvalue weighted by Crippen LogP contribution is 2.24. The highest BCUT2D eigenvalue weighted by atomic mass is 15.3. The van der Waals surface area contributed by atoms with Crippen LogP contribution in [-0.2, 0) is 0 Å². The number of anilines is 1. The van der Waals surface area contributed by atoms with Crippen molar-refractivity contribution in [2.45, 2.75) is 19.9 Å². The molecule has 0 saturated carbocycles. The molecule has 1 atom stereocenters. The van der Waals surface area contributed by atoms with Crippen LogP contribution in [-0.4, -0.2) is 19.6 Å². The lowest BCUT2D eigenvalue weighted by molar-refractivity contribution is 0.516. The fourth-order valence-electron chi connectivity index (χ4n) is 2.31. The van der Waals surface area contributed by atoms with Gasteiger partial charge in [0, 0.05) is 12.4 Å². The Balaban J connectivity index is 1.94. The van der Waals surface area contributed by atoms with Crippen molar-refractivity contribution in [3.8, 4) is 6.07 Å². The standard InChI is InChI=1S/C16H16N6/c1-11(2)15(19-13-7-6-12(9-17)10-18-13)16-21-20-14-5-3-4-8-22(14)16/h3-8,10-11,15H,1-2H3,(H,18,19). The normalized spacial score (nSPS) is 12.3. The minimum atomic E-state index is -0.0298. The largest absolute Gasteiger partial charge is 0.360 e. The molecule has 0 aliphatic rings. The Hall–Kier alpha value is -2.94. The van der Waals surface area contributed by atoms with E-state index in [-0.39, 0.29) is 6.04 Å². The molecule has 0 amide bonds. The van der Waals surface area contributed by atoms with Gasteiger partial charge in [-0.3, -0.25) is 4.40 Å². The number of nitrogens with zero attached hydrogens (tertiary/aromatic N) is 5. The minimum Gasteiger partial charge on any atom is -0.360 e. The highest BCUT2D eigenvalue weighted by Gasteiger charge is 2.21. The Morgan fingerprint density at radius 1 is 1.18 bits per heavy atom. The maximum absolute atomic E-state index is 8.84. The van der Waals surface area contributed by atoms with Crippen LogP contribution in [0, 0.1) is 17.2 Å². The van der Waals surface area contributed by atoms with Crippen LogP contribution in [0.4, 0.5) is 5.82 Å². The van der Waals surface area contributed by atoms with Crippen molar-refractivity contribution >= 4 is 11.5 Å². The molecule has 1 N–H and O–H groups in total. The van der Waals surface area contributed by atoms with E-state index < -0.39 is 0 Å². The molecule has 0 radical (unpaired) electrons. The second-order valence-electron chi connectivity index (χ2n) is 5.40. The predicted molar refractivity (Wildman–Crippen MR) is 83.1 cm³/mol. The Morgan fingerprint density at radius 2 is 2.05 bits per heavy atom. The van der Waals surface area contributed by atoms with E-state index in [4.69, 9.17) is 5.26 Å². The van der Waals surface area contributed by atoms with E-state index in [1.807, 2.05) is 28.8 Å². The molecule has 3 aromatic heterocycles. The van der Waals surface area contributed by atoms with Gasteiger partial charge in [-0.15, -0.1) is 10.2 Å². The number of nitriles is 1. The fraction of sp³-hybridized carbons (Fsp3) is 0.250. The van der Waals surface area contributed by atoms with E-state index in [0.29, 0.717) is 17.3 Å². The third kappa shape index (κ3) is 2.61. The lowest BCUT2D eigenvalue weighted by Gasteiger charge is -2.21. The first-order valence-electron chi connectivity index (χ1n) is 7.11. The Morgan fingerprint density at radius 3 is 2.73 bits per heavy atom. The van der Waals surface area contributed by atoms with Gasteiger partial charge in [0.15, 0.2) is 11.5 Å². The smallest absolute Gasteiger partial charge is 0.160 e. The van der Waals surface area contributed by atoms with Crippen molar-refractivity contribution in [3.63, 3.8) is 0 Å². The predicted octanol–water partition coefficient (Wildman–Crippen LogP) is 2.81. The summed E-state index contributed by atoms with van der Waals surface area (Å²) in [5, 5.41) is 20.7. The maximum atomic E-state index is 8.84. The number of hydrogen-bond donors (Lipinski definition) is 1. The molecule has 0 bridgehead atoms. The van der Waals surface area contributed by atoms with Crippen LogP contribution in [0.15, 0.2) is 42.7 Å². The van der Waals surface area contributed by atoms with Gasteiger partial charge >= 0.3 is 0 Å². The molecule has 110 valence electrons. The molecular formula is C16H16N6. The van der Waals surface area contributed by atoms with Gasteiger partial charge in [-0.25, -0.2) is 4.98 Å². The monoisotopic (exact) mass is 292 g/mol. The molecule has 22 heavy (non-hydrogen) atoms. The third-order valence-corrected chi connectivity index (χ3v) is 3.48. The van der Waals surface area contributed by atoms with Gasteiger partial charge < -0.3 is 5.32 Å². The first-order chi connectivity index (χ1) is 10.7. The number of aromatic nitrogens is 4. The molecule has 1 unspecified atom stereocenters. The second kappa shape index (κ2) is 5.82. The molecule has 0 aliphatic heterocycles. The lowest BCUT2D eigenvalue weighted by Crippen LogP contribution is -2.20. The topological polar surface area (TPSA) is 78.9 Å². The fourth-order valence-corrected chi connectivity index (χ4v) is 2.31. The minimum absolute atomic E-state index is 0.0298. The van der Waals surface area contributed by atoms with Gasteiger partial charge in [0.2, 0.25) is 0 Å². The van der Waals surface area contributed by atoms with Crippen LogP contribution in [0.2, 0.25) is 0 Å². The molecule has 0 aromatic carbocycles. The summed E-state index contributed by atoms with van der Waals surface area (Å²) < 4.78 is 1.97. The van der Waals surface area contributed by atoms with E-state index >= 15 is 0 Å². The molecule has 6 nitrogen and oxygen atoms in total.